The fraction of sp³-hybridized carbons (Fsp3) is 0.308. The summed E-state index contributed by atoms with van der Waals surface area (Å²) in [5.41, 5.74) is 0.690. The number of carbonyl (C=O) groups is 1. The summed E-state index contributed by atoms with van der Waals surface area (Å²) in [7, 11) is 1.59. The van der Waals surface area contributed by atoms with Gasteiger partial charge in [-0.1, -0.05) is 12.8 Å². The standard InChI is InChI=1S/C13H16N2O2/c1-4-10(5-2)14-13(16)15-11-6-8-12(17-3)9-7-11/h1,6-10H,5H2,2-3H3,(H2,14,15,16). The van der Waals surface area contributed by atoms with E-state index in [0.29, 0.717) is 12.1 Å². The van der Waals surface area contributed by atoms with E-state index in [1.165, 1.54) is 0 Å². The lowest BCUT2D eigenvalue weighted by Gasteiger charge is -2.12. The lowest BCUT2D eigenvalue weighted by molar-refractivity contribution is 0.250. The Balaban J connectivity index is 2.53. The monoisotopic (exact) mass is 232 g/mol. The number of rotatable bonds is 4. The summed E-state index contributed by atoms with van der Waals surface area (Å²) in [5, 5.41) is 5.37. The number of nitrogens with one attached hydrogen (secondary N) is 2. The van der Waals surface area contributed by atoms with Gasteiger partial charge in [0.05, 0.1) is 13.2 Å². The third kappa shape index (κ3) is 4.07. The summed E-state index contributed by atoms with van der Waals surface area (Å²) in [6.45, 7) is 1.91. The van der Waals surface area contributed by atoms with Gasteiger partial charge >= 0.3 is 6.03 Å². The highest BCUT2D eigenvalue weighted by atomic mass is 16.5. The molecule has 1 rings (SSSR count). The summed E-state index contributed by atoms with van der Waals surface area (Å²) in [5.74, 6) is 3.24. The molecule has 0 bridgehead atoms. The molecule has 0 saturated carbocycles. The maximum Gasteiger partial charge on any atom is 0.320 e. The van der Waals surface area contributed by atoms with Gasteiger partial charge in [0.15, 0.2) is 0 Å². The van der Waals surface area contributed by atoms with Crippen LogP contribution in [0.15, 0.2) is 24.3 Å². The van der Waals surface area contributed by atoms with Crippen molar-refractivity contribution in [3.05, 3.63) is 24.3 Å². The Morgan fingerprint density at radius 2 is 2.12 bits per heavy atom. The Bertz CT molecular complexity index is 406. The highest BCUT2D eigenvalue weighted by molar-refractivity contribution is 5.89. The zero-order valence-electron chi connectivity index (χ0n) is 9.99. The van der Waals surface area contributed by atoms with E-state index in [1.807, 2.05) is 6.92 Å². The average Bonchev–Trinajstić information content (AvgIpc) is 2.37. The molecule has 1 atom stereocenters. The van der Waals surface area contributed by atoms with Crippen LogP contribution in [0.1, 0.15) is 13.3 Å². The van der Waals surface area contributed by atoms with Gasteiger partial charge < -0.3 is 15.4 Å². The van der Waals surface area contributed by atoms with Gasteiger partial charge in [0.1, 0.15) is 5.75 Å². The molecule has 0 aliphatic heterocycles. The van der Waals surface area contributed by atoms with Crippen LogP contribution in [-0.2, 0) is 0 Å². The van der Waals surface area contributed by atoms with Gasteiger partial charge in [-0.25, -0.2) is 4.79 Å². The Kier molecular flexibility index (Phi) is 4.89. The van der Waals surface area contributed by atoms with Gasteiger partial charge in [-0.15, -0.1) is 6.42 Å². The first kappa shape index (κ1) is 12.9. The lowest BCUT2D eigenvalue weighted by atomic mass is 10.2. The number of methoxy groups -OCH3 is 1. The van der Waals surface area contributed by atoms with Crippen LogP contribution < -0.4 is 15.4 Å². The van der Waals surface area contributed by atoms with Crippen LogP contribution in [0.5, 0.6) is 5.75 Å². The van der Waals surface area contributed by atoms with Crippen molar-refractivity contribution in [3.63, 3.8) is 0 Å². The maximum absolute atomic E-state index is 11.5. The van der Waals surface area contributed by atoms with E-state index in [-0.39, 0.29) is 12.1 Å². The van der Waals surface area contributed by atoms with Crippen molar-refractivity contribution >= 4 is 11.7 Å². The molecule has 0 saturated heterocycles. The smallest absolute Gasteiger partial charge is 0.320 e. The van der Waals surface area contributed by atoms with E-state index >= 15 is 0 Å². The Morgan fingerprint density at radius 3 is 2.59 bits per heavy atom. The fourth-order valence-electron chi connectivity index (χ4n) is 1.26. The van der Waals surface area contributed by atoms with E-state index in [1.54, 1.807) is 31.4 Å². The van der Waals surface area contributed by atoms with Gasteiger partial charge in [0.25, 0.3) is 0 Å². The first-order valence-electron chi connectivity index (χ1n) is 5.37. The van der Waals surface area contributed by atoms with Crippen LogP contribution >= 0.6 is 0 Å². The molecule has 4 nitrogen and oxygen atoms in total. The molecule has 17 heavy (non-hydrogen) atoms. The molecule has 0 radical (unpaired) electrons. The van der Waals surface area contributed by atoms with E-state index in [2.05, 4.69) is 16.6 Å². The molecule has 1 unspecified atom stereocenters. The quantitative estimate of drug-likeness (QED) is 0.782. The third-order valence-corrected chi connectivity index (χ3v) is 2.26. The SMILES string of the molecule is C#CC(CC)NC(=O)Nc1ccc(OC)cc1. The zero-order valence-corrected chi connectivity index (χ0v) is 9.99. The fourth-order valence-corrected chi connectivity index (χ4v) is 1.26. The van der Waals surface area contributed by atoms with Gasteiger partial charge in [-0.05, 0) is 30.7 Å². The highest BCUT2D eigenvalue weighted by Gasteiger charge is 2.06. The number of amides is 2. The minimum Gasteiger partial charge on any atom is -0.497 e. The molecule has 1 aromatic rings. The maximum atomic E-state index is 11.5. The van der Waals surface area contributed by atoms with Crippen molar-refractivity contribution < 1.29 is 9.53 Å². The summed E-state index contributed by atoms with van der Waals surface area (Å²) < 4.78 is 5.02. The molecule has 0 heterocycles. The predicted molar refractivity (Wildman–Crippen MR) is 68.1 cm³/mol. The highest BCUT2D eigenvalue weighted by Crippen LogP contribution is 2.14. The second kappa shape index (κ2) is 6.44. The second-order valence-corrected chi connectivity index (χ2v) is 3.45. The van der Waals surface area contributed by atoms with E-state index in [4.69, 9.17) is 11.2 Å². The average molecular weight is 232 g/mol. The number of hydrogen-bond acceptors (Lipinski definition) is 2. The molecule has 0 aromatic heterocycles. The van der Waals surface area contributed by atoms with E-state index < -0.39 is 0 Å². The lowest BCUT2D eigenvalue weighted by Crippen LogP contribution is -2.36. The molecular formula is C13H16N2O2. The molecule has 2 amide bonds. The number of ether oxygens (including phenoxy) is 1. The Morgan fingerprint density at radius 1 is 1.47 bits per heavy atom. The molecular weight excluding hydrogens is 216 g/mol. The number of benzene rings is 1. The molecule has 1 aromatic carbocycles. The number of carbonyl (C=O) groups excluding carboxylic acids is 1. The third-order valence-electron chi connectivity index (χ3n) is 2.26. The predicted octanol–water partition coefficient (Wildman–Crippen LogP) is 2.23. The number of anilines is 1. The van der Waals surface area contributed by atoms with Crippen molar-refractivity contribution in [2.75, 3.05) is 12.4 Å². The van der Waals surface area contributed by atoms with Crippen molar-refractivity contribution in [3.8, 4) is 18.1 Å². The van der Waals surface area contributed by atoms with Crippen LogP contribution in [0.25, 0.3) is 0 Å². The number of urea groups is 1. The molecule has 0 aliphatic carbocycles. The van der Waals surface area contributed by atoms with Crippen molar-refractivity contribution in [1.29, 1.82) is 0 Å². The second-order valence-electron chi connectivity index (χ2n) is 3.45. The van der Waals surface area contributed by atoms with E-state index in [9.17, 15) is 4.79 Å². The minimum atomic E-state index is -0.306. The first-order valence-corrected chi connectivity index (χ1v) is 5.37. The van der Waals surface area contributed by atoms with Crippen molar-refractivity contribution in [1.82, 2.24) is 5.32 Å². The number of terminal acetylenes is 1. The van der Waals surface area contributed by atoms with Crippen LogP contribution in [-0.4, -0.2) is 19.2 Å². The first-order chi connectivity index (χ1) is 8.19. The normalized spacial score (nSPS) is 11.1. The van der Waals surface area contributed by atoms with Crippen LogP contribution in [0.3, 0.4) is 0 Å². The summed E-state index contributed by atoms with van der Waals surface area (Å²) in [6.07, 6.45) is 5.95. The topological polar surface area (TPSA) is 50.4 Å². The Labute approximate surface area is 101 Å². The zero-order chi connectivity index (χ0) is 12.7. The number of hydrogen-bond donors (Lipinski definition) is 2. The van der Waals surface area contributed by atoms with Crippen LogP contribution in [0, 0.1) is 12.3 Å². The summed E-state index contributed by atoms with van der Waals surface area (Å²) in [6, 6.07) is 6.51. The van der Waals surface area contributed by atoms with Crippen molar-refractivity contribution in [2.45, 2.75) is 19.4 Å². The molecule has 0 fully saturated rings. The molecule has 0 aliphatic rings. The van der Waals surface area contributed by atoms with Gasteiger partial charge in [0.2, 0.25) is 0 Å². The largest absolute Gasteiger partial charge is 0.497 e. The Hall–Kier alpha value is -2.15. The van der Waals surface area contributed by atoms with Gasteiger partial charge in [0, 0.05) is 5.69 Å². The van der Waals surface area contributed by atoms with Crippen molar-refractivity contribution in [2.24, 2.45) is 0 Å². The van der Waals surface area contributed by atoms with Crippen LogP contribution in [0.4, 0.5) is 10.5 Å². The summed E-state index contributed by atoms with van der Waals surface area (Å²) >= 11 is 0. The molecule has 0 spiro atoms. The molecule has 2 N–H and O–H groups in total. The molecule has 90 valence electrons. The molecule has 4 heteroatoms. The van der Waals surface area contributed by atoms with Gasteiger partial charge in [-0.2, -0.15) is 0 Å². The van der Waals surface area contributed by atoms with Gasteiger partial charge in [-0.3, -0.25) is 0 Å². The minimum absolute atomic E-state index is 0.242. The summed E-state index contributed by atoms with van der Waals surface area (Å²) in [4.78, 5) is 11.5. The van der Waals surface area contributed by atoms with Crippen LogP contribution in [0.2, 0.25) is 0 Å². The van der Waals surface area contributed by atoms with E-state index in [0.717, 1.165) is 5.75 Å².